The Bertz CT molecular complexity index is 891. The predicted octanol–water partition coefficient (Wildman–Crippen LogP) is 4.88. The highest BCUT2D eigenvalue weighted by atomic mass is 16.5. The molecule has 144 valence electrons. The number of carbonyl (C=O) groups excluding carboxylic acids is 1. The normalized spacial score (nSPS) is 10.6. The van der Waals surface area contributed by atoms with Crippen molar-refractivity contribution in [1.82, 2.24) is 9.88 Å². The molecule has 3 aromatic rings. The van der Waals surface area contributed by atoms with Gasteiger partial charge in [0.2, 0.25) is 0 Å². The molecule has 0 aliphatic heterocycles. The van der Waals surface area contributed by atoms with Crippen LogP contribution in [0, 0.1) is 0 Å². The number of ether oxygens (including phenoxy) is 1. The monoisotopic (exact) mass is 375 g/mol. The highest BCUT2D eigenvalue weighted by Gasteiger charge is 2.12. The minimum atomic E-state index is -0.0573. The van der Waals surface area contributed by atoms with Crippen LogP contribution in [0.25, 0.3) is 0 Å². The molecule has 0 fully saturated rings. The molecule has 0 saturated heterocycles. The first-order chi connectivity index (χ1) is 13.5. The second kappa shape index (κ2) is 9.04. The number of benzene rings is 2. The van der Waals surface area contributed by atoms with Gasteiger partial charge in [0.15, 0.2) is 0 Å². The molecule has 28 heavy (non-hydrogen) atoms. The van der Waals surface area contributed by atoms with Crippen LogP contribution in [0.1, 0.15) is 29.8 Å². The van der Waals surface area contributed by atoms with Crippen LogP contribution in [-0.4, -0.2) is 28.9 Å². The predicted molar refractivity (Wildman–Crippen MR) is 112 cm³/mol. The van der Waals surface area contributed by atoms with Gasteiger partial charge in [0.25, 0.3) is 5.91 Å². The zero-order chi connectivity index (χ0) is 19.9. The lowest BCUT2D eigenvalue weighted by Crippen LogP contribution is -2.26. The van der Waals surface area contributed by atoms with Crippen molar-refractivity contribution in [3.8, 4) is 5.75 Å². The summed E-state index contributed by atoms with van der Waals surface area (Å²) in [5.41, 5.74) is 2.56. The van der Waals surface area contributed by atoms with Gasteiger partial charge in [0.1, 0.15) is 11.6 Å². The van der Waals surface area contributed by atoms with Gasteiger partial charge in [-0.05, 0) is 55.8 Å². The van der Waals surface area contributed by atoms with Crippen molar-refractivity contribution in [3.05, 3.63) is 84.1 Å². The van der Waals surface area contributed by atoms with Crippen LogP contribution in [-0.2, 0) is 6.54 Å². The maximum atomic E-state index is 12.6. The van der Waals surface area contributed by atoms with E-state index in [1.165, 1.54) is 0 Å². The maximum absolute atomic E-state index is 12.6. The summed E-state index contributed by atoms with van der Waals surface area (Å²) in [7, 11) is 1.79. The molecule has 0 aliphatic carbocycles. The topological polar surface area (TPSA) is 54.5 Å². The maximum Gasteiger partial charge on any atom is 0.255 e. The molecule has 1 heterocycles. The smallest absolute Gasteiger partial charge is 0.255 e. The van der Waals surface area contributed by atoms with E-state index in [4.69, 9.17) is 4.74 Å². The molecule has 0 radical (unpaired) electrons. The lowest BCUT2D eigenvalue weighted by Gasteiger charge is -2.17. The van der Waals surface area contributed by atoms with E-state index in [9.17, 15) is 4.79 Å². The first-order valence-corrected chi connectivity index (χ1v) is 9.30. The molecule has 0 bridgehead atoms. The Hall–Kier alpha value is -3.34. The van der Waals surface area contributed by atoms with Crippen LogP contribution in [0.4, 0.5) is 11.5 Å². The fraction of sp³-hybridized carbons (Fsp3) is 0.217. The van der Waals surface area contributed by atoms with Gasteiger partial charge in [-0.25, -0.2) is 4.98 Å². The molecule has 1 aromatic heterocycles. The van der Waals surface area contributed by atoms with E-state index in [1.54, 1.807) is 24.2 Å². The van der Waals surface area contributed by atoms with Crippen molar-refractivity contribution in [2.45, 2.75) is 26.5 Å². The molecule has 0 spiro atoms. The van der Waals surface area contributed by atoms with Crippen molar-refractivity contribution in [2.24, 2.45) is 0 Å². The Morgan fingerprint density at radius 1 is 1.04 bits per heavy atom. The number of carbonyl (C=O) groups is 1. The fourth-order valence-corrected chi connectivity index (χ4v) is 2.78. The van der Waals surface area contributed by atoms with Crippen molar-refractivity contribution in [1.29, 1.82) is 0 Å². The number of aromatic nitrogens is 1. The van der Waals surface area contributed by atoms with Crippen molar-refractivity contribution in [3.63, 3.8) is 0 Å². The highest BCUT2D eigenvalue weighted by Crippen LogP contribution is 2.20. The third-order valence-corrected chi connectivity index (χ3v) is 4.12. The lowest BCUT2D eigenvalue weighted by molar-refractivity contribution is 0.0784. The van der Waals surface area contributed by atoms with E-state index in [0.717, 1.165) is 17.0 Å². The van der Waals surface area contributed by atoms with Gasteiger partial charge in [0.05, 0.1) is 11.7 Å². The van der Waals surface area contributed by atoms with Crippen LogP contribution >= 0.6 is 0 Å². The Morgan fingerprint density at radius 3 is 2.36 bits per heavy atom. The number of hydrogen-bond acceptors (Lipinski definition) is 4. The third kappa shape index (κ3) is 5.33. The molecule has 0 aliphatic rings. The van der Waals surface area contributed by atoms with Crippen LogP contribution in [0.15, 0.2) is 72.9 Å². The summed E-state index contributed by atoms with van der Waals surface area (Å²) < 4.78 is 5.64. The number of nitrogens with zero attached hydrogens (tertiary/aromatic N) is 2. The summed E-state index contributed by atoms with van der Waals surface area (Å²) in [6.45, 7) is 4.55. The average molecular weight is 375 g/mol. The SMILES string of the molecule is CC(C)Oc1ccc(Nc2ccc(C(=O)N(C)Cc3ccccc3)cn2)cc1. The number of amides is 1. The largest absolute Gasteiger partial charge is 0.491 e. The van der Waals surface area contributed by atoms with Gasteiger partial charge in [-0.15, -0.1) is 0 Å². The van der Waals surface area contributed by atoms with Crippen molar-refractivity contribution >= 4 is 17.4 Å². The van der Waals surface area contributed by atoms with Gasteiger partial charge in [0, 0.05) is 25.5 Å². The summed E-state index contributed by atoms with van der Waals surface area (Å²) >= 11 is 0. The molecular formula is C23H25N3O2. The number of anilines is 2. The summed E-state index contributed by atoms with van der Waals surface area (Å²) in [6.07, 6.45) is 1.74. The van der Waals surface area contributed by atoms with Crippen LogP contribution in [0.3, 0.4) is 0 Å². The van der Waals surface area contributed by atoms with Gasteiger partial charge in [-0.3, -0.25) is 4.79 Å². The molecule has 0 atom stereocenters. The second-order valence-electron chi connectivity index (χ2n) is 6.89. The Labute approximate surface area is 166 Å². The van der Waals surface area contributed by atoms with Gasteiger partial charge < -0.3 is 15.0 Å². The summed E-state index contributed by atoms with van der Waals surface area (Å²) in [5.74, 6) is 1.45. The molecule has 0 saturated carbocycles. The first-order valence-electron chi connectivity index (χ1n) is 9.30. The molecule has 5 heteroatoms. The van der Waals surface area contributed by atoms with E-state index < -0.39 is 0 Å². The quantitative estimate of drug-likeness (QED) is 0.639. The van der Waals surface area contributed by atoms with E-state index >= 15 is 0 Å². The number of rotatable bonds is 7. The van der Waals surface area contributed by atoms with E-state index in [0.29, 0.717) is 17.9 Å². The third-order valence-electron chi connectivity index (χ3n) is 4.12. The second-order valence-corrected chi connectivity index (χ2v) is 6.89. The molecule has 1 amide bonds. The van der Waals surface area contributed by atoms with Crippen LogP contribution in [0.5, 0.6) is 5.75 Å². The van der Waals surface area contributed by atoms with Crippen molar-refractivity contribution < 1.29 is 9.53 Å². The standard InChI is InChI=1S/C23H25N3O2/c1-17(2)28-21-12-10-20(11-13-21)25-22-14-9-19(15-24-22)23(27)26(3)16-18-7-5-4-6-8-18/h4-15,17H,16H2,1-3H3,(H,24,25). The average Bonchev–Trinajstić information content (AvgIpc) is 2.70. The summed E-state index contributed by atoms with van der Waals surface area (Å²) in [4.78, 5) is 18.6. The van der Waals surface area contributed by atoms with Gasteiger partial charge >= 0.3 is 0 Å². The number of nitrogens with one attached hydrogen (secondary N) is 1. The number of hydrogen-bond donors (Lipinski definition) is 1. The Balaban J connectivity index is 1.60. The fourth-order valence-electron chi connectivity index (χ4n) is 2.78. The van der Waals surface area contributed by atoms with E-state index in [1.807, 2.05) is 74.5 Å². The number of pyridine rings is 1. The Kier molecular flexibility index (Phi) is 6.27. The van der Waals surface area contributed by atoms with E-state index in [-0.39, 0.29) is 12.0 Å². The van der Waals surface area contributed by atoms with Crippen LogP contribution in [0.2, 0.25) is 0 Å². The Morgan fingerprint density at radius 2 is 1.75 bits per heavy atom. The summed E-state index contributed by atoms with van der Waals surface area (Å²) in [5, 5.41) is 3.23. The highest BCUT2D eigenvalue weighted by molar-refractivity contribution is 5.93. The minimum Gasteiger partial charge on any atom is -0.491 e. The zero-order valence-corrected chi connectivity index (χ0v) is 16.4. The van der Waals surface area contributed by atoms with Crippen LogP contribution < -0.4 is 10.1 Å². The molecule has 0 unspecified atom stereocenters. The summed E-state index contributed by atoms with van der Waals surface area (Å²) in [6, 6.07) is 21.2. The first kappa shape index (κ1) is 19.4. The van der Waals surface area contributed by atoms with Crippen molar-refractivity contribution in [2.75, 3.05) is 12.4 Å². The molecular weight excluding hydrogens is 350 g/mol. The van der Waals surface area contributed by atoms with E-state index in [2.05, 4.69) is 10.3 Å². The molecule has 1 N–H and O–H groups in total. The molecule has 5 nitrogen and oxygen atoms in total. The van der Waals surface area contributed by atoms with Gasteiger partial charge in [-0.1, -0.05) is 30.3 Å². The molecule has 3 rings (SSSR count). The lowest BCUT2D eigenvalue weighted by atomic mass is 10.2. The molecule has 2 aromatic carbocycles. The van der Waals surface area contributed by atoms with Gasteiger partial charge in [-0.2, -0.15) is 0 Å². The minimum absolute atomic E-state index is 0.0573. The zero-order valence-electron chi connectivity index (χ0n) is 16.4.